The Kier molecular flexibility index (Phi) is 2.12. The summed E-state index contributed by atoms with van der Waals surface area (Å²) in [7, 11) is 0. The molecule has 3 aromatic heterocycles. The number of benzene rings is 3. The van der Waals surface area contributed by atoms with Gasteiger partial charge in [0.1, 0.15) is 0 Å². The molecule has 0 aliphatic rings. The fourth-order valence-electron chi connectivity index (χ4n) is 4.14. The zero-order chi connectivity index (χ0) is 15.7. The lowest BCUT2D eigenvalue weighted by atomic mass is 10.1. The second-order valence-corrected chi connectivity index (χ2v) is 6.31. The molecule has 0 N–H and O–H groups in total. The van der Waals surface area contributed by atoms with E-state index in [4.69, 9.17) is 0 Å². The second kappa shape index (κ2) is 4.18. The Morgan fingerprint density at radius 2 is 1.12 bits per heavy atom. The van der Waals surface area contributed by atoms with Gasteiger partial charge in [-0.25, -0.2) is 0 Å². The molecule has 0 aliphatic heterocycles. The van der Waals surface area contributed by atoms with Crippen molar-refractivity contribution in [1.29, 1.82) is 0 Å². The fourth-order valence-corrected chi connectivity index (χ4v) is 4.14. The van der Waals surface area contributed by atoms with E-state index in [2.05, 4.69) is 93.9 Å². The summed E-state index contributed by atoms with van der Waals surface area (Å²) in [5.74, 6) is 0. The zero-order valence-electron chi connectivity index (χ0n) is 13.0. The fraction of sp³-hybridized carbons (Fsp3) is 0. The first-order valence-corrected chi connectivity index (χ1v) is 8.23. The van der Waals surface area contributed by atoms with E-state index in [1.165, 1.54) is 43.7 Å². The molecular weight excluding hydrogens is 292 g/mol. The van der Waals surface area contributed by atoms with Crippen LogP contribution in [0.2, 0.25) is 0 Å². The van der Waals surface area contributed by atoms with E-state index >= 15 is 0 Å². The molecule has 0 fully saturated rings. The maximum absolute atomic E-state index is 2.42. The average Bonchev–Trinajstić information content (AvgIpc) is 3.21. The van der Waals surface area contributed by atoms with Gasteiger partial charge in [0.25, 0.3) is 0 Å². The largest absolute Gasteiger partial charge is 0.314 e. The Balaban J connectivity index is 2.19. The minimum absolute atomic E-state index is 1.22. The zero-order valence-corrected chi connectivity index (χ0v) is 13.0. The maximum Gasteiger partial charge on any atom is 0.0703 e. The number of hydrogen-bond donors (Lipinski definition) is 0. The van der Waals surface area contributed by atoms with Crippen molar-refractivity contribution in [3.05, 3.63) is 85.1 Å². The van der Waals surface area contributed by atoms with Crippen molar-refractivity contribution in [2.75, 3.05) is 0 Å². The molecule has 0 unspecified atom stereocenters. The number of aromatic nitrogens is 2. The van der Waals surface area contributed by atoms with Crippen LogP contribution in [-0.4, -0.2) is 8.80 Å². The molecule has 0 saturated heterocycles. The molecule has 24 heavy (non-hydrogen) atoms. The van der Waals surface area contributed by atoms with Crippen LogP contribution < -0.4 is 0 Å². The van der Waals surface area contributed by atoms with Crippen LogP contribution >= 0.6 is 0 Å². The minimum atomic E-state index is 1.22. The molecule has 0 saturated carbocycles. The maximum atomic E-state index is 2.42. The molecule has 0 spiro atoms. The van der Waals surface area contributed by atoms with Crippen molar-refractivity contribution in [3.8, 4) is 0 Å². The van der Waals surface area contributed by atoms with Gasteiger partial charge in [0.15, 0.2) is 0 Å². The summed E-state index contributed by atoms with van der Waals surface area (Å²) in [6, 6.07) is 28.3. The van der Waals surface area contributed by atoms with Crippen LogP contribution in [0, 0.1) is 0 Å². The van der Waals surface area contributed by atoms with Crippen LogP contribution in [0.3, 0.4) is 0 Å². The van der Waals surface area contributed by atoms with Gasteiger partial charge in [0.05, 0.1) is 27.6 Å². The van der Waals surface area contributed by atoms with Gasteiger partial charge in [-0.2, -0.15) is 0 Å². The summed E-state index contributed by atoms with van der Waals surface area (Å²) >= 11 is 0. The summed E-state index contributed by atoms with van der Waals surface area (Å²) < 4.78 is 4.72. The Bertz CT molecular complexity index is 1400. The van der Waals surface area contributed by atoms with Gasteiger partial charge in [-0.1, -0.05) is 48.5 Å². The van der Waals surface area contributed by atoms with Gasteiger partial charge in [-0.15, -0.1) is 0 Å². The standard InChI is InChI=1S/C22H14N2/c1-2-10-19-15(7-1)16-8-5-9-17-18-13-6-14-23(18)20-11-3-4-12-21(20)24(19)22(16)17/h1-14H. The van der Waals surface area contributed by atoms with Crippen LogP contribution in [0.5, 0.6) is 0 Å². The Hall–Kier alpha value is -3.26. The van der Waals surface area contributed by atoms with Crippen LogP contribution in [0.4, 0.5) is 0 Å². The highest BCUT2D eigenvalue weighted by Gasteiger charge is 2.14. The predicted octanol–water partition coefficient (Wildman–Crippen LogP) is 5.65. The van der Waals surface area contributed by atoms with Gasteiger partial charge in [-0.3, -0.25) is 0 Å². The average molecular weight is 306 g/mol. The molecular formula is C22H14N2. The van der Waals surface area contributed by atoms with Crippen molar-refractivity contribution in [2.24, 2.45) is 0 Å². The van der Waals surface area contributed by atoms with Gasteiger partial charge >= 0.3 is 0 Å². The smallest absolute Gasteiger partial charge is 0.0703 e. The molecule has 3 heterocycles. The Morgan fingerprint density at radius 1 is 0.458 bits per heavy atom. The number of nitrogens with zero attached hydrogens (tertiary/aromatic N) is 2. The summed E-state index contributed by atoms with van der Waals surface area (Å²) in [5, 5.41) is 3.90. The summed E-state index contributed by atoms with van der Waals surface area (Å²) in [4.78, 5) is 0. The van der Waals surface area contributed by atoms with E-state index in [0.29, 0.717) is 0 Å². The van der Waals surface area contributed by atoms with E-state index in [-0.39, 0.29) is 0 Å². The first-order chi connectivity index (χ1) is 11.9. The number of rotatable bonds is 0. The molecule has 0 amide bonds. The Morgan fingerprint density at radius 3 is 2.04 bits per heavy atom. The van der Waals surface area contributed by atoms with E-state index in [9.17, 15) is 0 Å². The first kappa shape index (κ1) is 12.2. The third kappa shape index (κ3) is 1.32. The molecule has 0 bridgehead atoms. The molecule has 2 nitrogen and oxygen atoms in total. The summed E-state index contributed by atoms with van der Waals surface area (Å²) in [5.41, 5.74) is 6.25. The van der Waals surface area contributed by atoms with Crippen molar-refractivity contribution in [1.82, 2.24) is 8.80 Å². The molecule has 0 radical (unpaired) electrons. The summed E-state index contributed by atoms with van der Waals surface area (Å²) in [6.07, 6.45) is 2.15. The van der Waals surface area contributed by atoms with Gasteiger partial charge in [0.2, 0.25) is 0 Å². The highest BCUT2D eigenvalue weighted by atomic mass is 15.0. The first-order valence-electron chi connectivity index (χ1n) is 8.23. The number of fused-ring (bicyclic) bond motifs is 8. The van der Waals surface area contributed by atoms with Crippen LogP contribution in [0.25, 0.3) is 43.7 Å². The number of hydrogen-bond acceptors (Lipinski definition) is 0. The SMILES string of the molecule is c1ccc2c(c1)c1cccc3c4cccn4c4ccccc4n2c13. The lowest BCUT2D eigenvalue weighted by Crippen LogP contribution is -1.86. The highest BCUT2D eigenvalue weighted by molar-refractivity contribution is 6.18. The molecule has 0 aliphatic carbocycles. The lowest BCUT2D eigenvalue weighted by Gasteiger charge is -2.00. The van der Waals surface area contributed by atoms with Gasteiger partial charge in [-0.05, 0) is 30.3 Å². The monoisotopic (exact) mass is 306 g/mol. The highest BCUT2D eigenvalue weighted by Crippen LogP contribution is 2.35. The normalized spacial score (nSPS) is 12.2. The third-order valence-electron chi connectivity index (χ3n) is 5.10. The minimum Gasteiger partial charge on any atom is -0.314 e. The van der Waals surface area contributed by atoms with E-state index < -0.39 is 0 Å². The van der Waals surface area contributed by atoms with E-state index in [1.807, 2.05) is 0 Å². The molecule has 6 aromatic rings. The second-order valence-electron chi connectivity index (χ2n) is 6.31. The van der Waals surface area contributed by atoms with Crippen molar-refractivity contribution >= 4 is 43.7 Å². The molecule has 112 valence electrons. The number of para-hydroxylation sites is 4. The van der Waals surface area contributed by atoms with Crippen LogP contribution in [-0.2, 0) is 0 Å². The van der Waals surface area contributed by atoms with E-state index in [0.717, 1.165) is 0 Å². The predicted molar refractivity (Wildman–Crippen MR) is 101 cm³/mol. The van der Waals surface area contributed by atoms with Crippen molar-refractivity contribution < 1.29 is 0 Å². The van der Waals surface area contributed by atoms with Gasteiger partial charge < -0.3 is 8.80 Å². The molecule has 2 heteroatoms. The van der Waals surface area contributed by atoms with E-state index in [1.54, 1.807) is 0 Å². The van der Waals surface area contributed by atoms with Gasteiger partial charge in [0, 0.05) is 22.4 Å². The summed E-state index contributed by atoms with van der Waals surface area (Å²) in [6.45, 7) is 0. The lowest BCUT2D eigenvalue weighted by molar-refractivity contribution is 1.27. The van der Waals surface area contributed by atoms with Crippen LogP contribution in [0.1, 0.15) is 0 Å². The molecule has 6 rings (SSSR count). The Labute approximate surface area is 138 Å². The molecule has 3 aromatic carbocycles. The molecule has 0 atom stereocenters. The quantitative estimate of drug-likeness (QED) is 0.343. The van der Waals surface area contributed by atoms with Crippen molar-refractivity contribution in [2.45, 2.75) is 0 Å². The topological polar surface area (TPSA) is 8.82 Å². The van der Waals surface area contributed by atoms with Crippen LogP contribution in [0.15, 0.2) is 85.1 Å². The van der Waals surface area contributed by atoms with Crippen molar-refractivity contribution in [3.63, 3.8) is 0 Å². The third-order valence-corrected chi connectivity index (χ3v) is 5.10.